The first-order valence-corrected chi connectivity index (χ1v) is 8.22. The van der Waals surface area contributed by atoms with Crippen molar-refractivity contribution in [2.75, 3.05) is 26.0 Å². The van der Waals surface area contributed by atoms with Gasteiger partial charge in [0, 0.05) is 42.6 Å². The molecule has 2 aromatic carbocycles. The first kappa shape index (κ1) is 18.7. The molecular formula is C20H24N2O3. The summed E-state index contributed by atoms with van der Waals surface area (Å²) in [4.78, 5) is 24.9. The summed E-state index contributed by atoms with van der Waals surface area (Å²) in [5, 5.41) is 2.85. The quantitative estimate of drug-likeness (QED) is 0.461. The van der Waals surface area contributed by atoms with Crippen molar-refractivity contribution >= 4 is 17.4 Å². The Balaban J connectivity index is 2.15. The van der Waals surface area contributed by atoms with Crippen LogP contribution in [0.15, 0.2) is 36.4 Å². The van der Waals surface area contributed by atoms with Crippen LogP contribution in [0.1, 0.15) is 43.8 Å². The van der Waals surface area contributed by atoms with Crippen LogP contribution in [0, 0.1) is 13.8 Å². The van der Waals surface area contributed by atoms with Gasteiger partial charge in [-0.25, -0.2) is 0 Å². The molecule has 0 unspecified atom stereocenters. The Morgan fingerprint density at radius 2 is 1.72 bits per heavy atom. The molecule has 5 nitrogen and oxygen atoms in total. The molecule has 0 saturated heterocycles. The van der Waals surface area contributed by atoms with Crippen LogP contribution < -0.4 is 11.1 Å². The van der Waals surface area contributed by atoms with E-state index in [-0.39, 0.29) is 11.7 Å². The van der Waals surface area contributed by atoms with Gasteiger partial charge in [0.25, 0.3) is 5.91 Å². The number of rotatable bonds is 7. The number of methoxy groups -OCH3 is 1. The summed E-state index contributed by atoms with van der Waals surface area (Å²) >= 11 is 0. The summed E-state index contributed by atoms with van der Waals surface area (Å²) in [6.45, 7) is 4.85. The van der Waals surface area contributed by atoms with Crippen molar-refractivity contribution < 1.29 is 14.3 Å². The Morgan fingerprint density at radius 3 is 2.36 bits per heavy atom. The molecule has 5 heteroatoms. The van der Waals surface area contributed by atoms with Crippen molar-refractivity contribution in [3.05, 3.63) is 64.2 Å². The maximum atomic E-state index is 12.7. The number of nitrogens with two attached hydrogens (primary N) is 1. The van der Waals surface area contributed by atoms with Crippen LogP contribution in [0.25, 0.3) is 0 Å². The Kier molecular flexibility index (Phi) is 6.31. The van der Waals surface area contributed by atoms with Gasteiger partial charge in [-0.2, -0.15) is 0 Å². The minimum atomic E-state index is -0.142. The van der Waals surface area contributed by atoms with Crippen LogP contribution in [0.3, 0.4) is 0 Å². The number of aryl methyl sites for hydroxylation is 2. The Morgan fingerprint density at radius 1 is 1.04 bits per heavy atom. The van der Waals surface area contributed by atoms with Crippen molar-refractivity contribution in [1.29, 1.82) is 0 Å². The average Bonchev–Trinajstić information content (AvgIpc) is 2.58. The predicted octanol–water partition coefficient (Wildman–Crippen LogP) is 2.88. The standard InChI is InChI=1S/C20H24N2O3/c1-13-11-15(19(23)17-8-6-16(21)12-14(17)2)5-7-18(13)20(24)22-9-4-10-25-3/h5-8,11-12H,4,9-10,21H2,1-3H3,(H,22,24). The molecule has 0 heterocycles. The third kappa shape index (κ3) is 4.67. The molecule has 2 aromatic rings. The van der Waals surface area contributed by atoms with E-state index in [2.05, 4.69) is 5.32 Å². The molecule has 2 rings (SSSR count). The predicted molar refractivity (Wildman–Crippen MR) is 99.0 cm³/mol. The summed E-state index contributed by atoms with van der Waals surface area (Å²) < 4.78 is 4.96. The summed E-state index contributed by atoms with van der Waals surface area (Å²) in [5.74, 6) is -0.219. The van der Waals surface area contributed by atoms with Crippen molar-refractivity contribution in [3.63, 3.8) is 0 Å². The van der Waals surface area contributed by atoms with E-state index in [1.54, 1.807) is 43.5 Å². The van der Waals surface area contributed by atoms with E-state index in [9.17, 15) is 9.59 Å². The lowest BCUT2D eigenvalue weighted by molar-refractivity contribution is 0.0946. The topological polar surface area (TPSA) is 81.4 Å². The maximum Gasteiger partial charge on any atom is 0.251 e. The van der Waals surface area contributed by atoms with Gasteiger partial charge in [-0.15, -0.1) is 0 Å². The normalized spacial score (nSPS) is 10.5. The zero-order valence-corrected chi connectivity index (χ0v) is 14.9. The van der Waals surface area contributed by atoms with Crippen LogP contribution in [0.2, 0.25) is 0 Å². The molecule has 0 saturated carbocycles. The minimum Gasteiger partial charge on any atom is -0.399 e. The van der Waals surface area contributed by atoms with Gasteiger partial charge >= 0.3 is 0 Å². The highest BCUT2D eigenvalue weighted by Crippen LogP contribution is 2.19. The number of amides is 1. The molecule has 0 radical (unpaired) electrons. The molecule has 0 bridgehead atoms. The van der Waals surface area contributed by atoms with Gasteiger partial charge in [0.2, 0.25) is 0 Å². The number of nitrogen functional groups attached to an aromatic ring is 1. The molecular weight excluding hydrogens is 316 g/mol. The SMILES string of the molecule is COCCCNC(=O)c1ccc(C(=O)c2ccc(N)cc2C)cc1C. The highest BCUT2D eigenvalue weighted by molar-refractivity contribution is 6.10. The van der Waals surface area contributed by atoms with Crippen molar-refractivity contribution in [1.82, 2.24) is 5.32 Å². The molecule has 3 N–H and O–H groups in total. The molecule has 132 valence electrons. The zero-order chi connectivity index (χ0) is 18.4. The van der Waals surface area contributed by atoms with E-state index in [0.29, 0.717) is 35.5 Å². The van der Waals surface area contributed by atoms with Gasteiger partial charge in [-0.3, -0.25) is 9.59 Å². The molecule has 0 aliphatic heterocycles. The summed E-state index contributed by atoms with van der Waals surface area (Å²) in [5.41, 5.74) is 9.72. The van der Waals surface area contributed by atoms with Gasteiger partial charge in [0.05, 0.1) is 0 Å². The lowest BCUT2D eigenvalue weighted by Gasteiger charge is -2.10. The second kappa shape index (κ2) is 8.44. The van der Waals surface area contributed by atoms with E-state index in [0.717, 1.165) is 17.5 Å². The van der Waals surface area contributed by atoms with E-state index < -0.39 is 0 Å². The number of carbonyl (C=O) groups is 2. The van der Waals surface area contributed by atoms with Gasteiger partial charge in [-0.1, -0.05) is 6.07 Å². The van der Waals surface area contributed by atoms with Crippen LogP contribution in [-0.4, -0.2) is 32.0 Å². The Hall–Kier alpha value is -2.66. The number of ketones is 1. The largest absolute Gasteiger partial charge is 0.399 e. The first-order chi connectivity index (χ1) is 11.9. The number of benzene rings is 2. The lowest BCUT2D eigenvalue weighted by atomic mass is 9.96. The number of anilines is 1. The van der Waals surface area contributed by atoms with E-state index >= 15 is 0 Å². The molecule has 0 atom stereocenters. The Labute approximate surface area is 148 Å². The fraction of sp³-hybridized carbons (Fsp3) is 0.300. The van der Waals surface area contributed by atoms with Crippen molar-refractivity contribution in [2.45, 2.75) is 20.3 Å². The minimum absolute atomic E-state index is 0.0762. The average molecular weight is 340 g/mol. The molecule has 0 fully saturated rings. The van der Waals surface area contributed by atoms with Gasteiger partial charge in [-0.05, 0) is 61.7 Å². The van der Waals surface area contributed by atoms with Crippen molar-refractivity contribution in [2.24, 2.45) is 0 Å². The lowest BCUT2D eigenvalue weighted by Crippen LogP contribution is -2.26. The summed E-state index contributed by atoms with van der Waals surface area (Å²) in [6, 6.07) is 10.4. The highest BCUT2D eigenvalue weighted by Gasteiger charge is 2.15. The van der Waals surface area contributed by atoms with Crippen molar-refractivity contribution in [3.8, 4) is 0 Å². The molecule has 0 aromatic heterocycles. The van der Waals surface area contributed by atoms with E-state index in [4.69, 9.17) is 10.5 Å². The fourth-order valence-corrected chi connectivity index (χ4v) is 2.67. The number of nitrogens with one attached hydrogen (secondary N) is 1. The van der Waals surface area contributed by atoms with Crippen LogP contribution in [0.5, 0.6) is 0 Å². The molecule has 0 aliphatic carbocycles. The third-order valence-corrected chi connectivity index (χ3v) is 4.04. The molecule has 25 heavy (non-hydrogen) atoms. The molecule has 0 spiro atoms. The number of carbonyl (C=O) groups excluding carboxylic acids is 2. The zero-order valence-electron chi connectivity index (χ0n) is 14.9. The van der Waals surface area contributed by atoms with Crippen LogP contribution >= 0.6 is 0 Å². The first-order valence-electron chi connectivity index (χ1n) is 8.22. The van der Waals surface area contributed by atoms with Crippen LogP contribution in [-0.2, 0) is 4.74 Å². The maximum absolute atomic E-state index is 12.7. The second-order valence-corrected chi connectivity index (χ2v) is 6.04. The molecule has 1 amide bonds. The van der Waals surface area contributed by atoms with E-state index in [1.165, 1.54) is 0 Å². The highest BCUT2D eigenvalue weighted by atomic mass is 16.5. The summed E-state index contributed by atoms with van der Waals surface area (Å²) in [6.07, 6.45) is 0.758. The smallest absolute Gasteiger partial charge is 0.251 e. The molecule has 0 aliphatic rings. The van der Waals surface area contributed by atoms with Crippen LogP contribution in [0.4, 0.5) is 5.69 Å². The fourth-order valence-electron chi connectivity index (χ4n) is 2.67. The number of hydrogen-bond donors (Lipinski definition) is 2. The second-order valence-electron chi connectivity index (χ2n) is 6.04. The monoisotopic (exact) mass is 340 g/mol. The van der Waals surface area contributed by atoms with Gasteiger partial charge in [0.15, 0.2) is 5.78 Å². The van der Waals surface area contributed by atoms with Gasteiger partial charge < -0.3 is 15.8 Å². The third-order valence-electron chi connectivity index (χ3n) is 4.04. The number of hydrogen-bond acceptors (Lipinski definition) is 4. The number of ether oxygens (including phenoxy) is 1. The summed E-state index contributed by atoms with van der Waals surface area (Å²) in [7, 11) is 1.63. The Bertz CT molecular complexity index is 785. The van der Waals surface area contributed by atoms with E-state index in [1.807, 2.05) is 13.8 Å². The van der Waals surface area contributed by atoms with Gasteiger partial charge in [0.1, 0.15) is 0 Å².